The lowest BCUT2D eigenvalue weighted by Gasteiger charge is -2.18. The zero-order valence-electron chi connectivity index (χ0n) is 45.4. The van der Waals surface area contributed by atoms with Gasteiger partial charge in [-0.05, 0) is 57.8 Å². The standard InChI is InChI=1S/C62H112O6/c1-4-7-10-13-16-19-21-23-25-26-27-28-29-30-31-32-33-34-35-36-38-39-41-43-46-49-52-55-61(64)67-58-59(57-66-60(63)54-51-48-45-18-15-12-9-6-3)68-62(65)56-53-50-47-44-42-40-37-24-22-20-17-14-11-8-5-2/h7,10,16,19,23,25,27-28,59H,4-6,8-9,11-15,17-18,20-22,24,26,29-58H2,1-3H3/b10-7-,19-16-,25-23-,28-27-. The summed E-state index contributed by atoms with van der Waals surface area (Å²) in [5.41, 5.74) is 0. The number of hydrogen-bond acceptors (Lipinski definition) is 6. The third-order valence-corrected chi connectivity index (χ3v) is 13.1. The normalized spacial score (nSPS) is 12.3. The Balaban J connectivity index is 4.11. The van der Waals surface area contributed by atoms with Crippen molar-refractivity contribution in [2.75, 3.05) is 13.2 Å². The summed E-state index contributed by atoms with van der Waals surface area (Å²) in [6.07, 6.45) is 69.8. The maximum absolute atomic E-state index is 12.8. The van der Waals surface area contributed by atoms with E-state index in [1.807, 2.05) is 0 Å². The predicted octanol–water partition coefficient (Wildman–Crippen LogP) is 19.8. The van der Waals surface area contributed by atoms with Crippen molar-refractivity contribution in [3.8, 4) is 0 Å². The Morgan fingerprint density at radius 3 is 0.897 bits per heavy atom. The molecule has 0 aliphatic carbocycles. The molecule has 0 rings (SSSR count). The molecule has 0 N–H and O–H groups in total. The molecule has 0 radical (unpaired) electrons. The first-order valence-electron chi connectivity index (χ1n) is 29.6. The Bertz CT molecular complexity index is 1190. The highest BCUT2D eigenvalue weighted by atomic mass is 16.6. The Kier molecular flexibility index (Phi) is 54.8. The van der Waals surface area contributed by atoms with E-state index in [1.54, 1.807) is 0 Å². The molecule has 0 amide bonds. The van der Waals surface area contributed by atoms with E-state index in [0.29, 0.717) is 19.3 Å². The number of hydrogen-bond donors (Lipinski definition) is 0. The second-order valence-electron chi connectivity index (χ2n) is 19.9. The van der Waals surface area contributed by atoms with E-state index in [-0.39, 0.29) is 31.1 Å². The molecule has 0 spiro atoms. The molecule has 0 fully saturated rings. The summed E-state index contributed by atoms with van der Waals surface area (Å²) in [6.45, 7) is 6.54. The molecule has 0 heterocycles. The van der Waals surface area contributed by atoms with Crippen molar-refractivity contribution in [1.29, 1.82) is 0 Å². The van der Waals surface area contributed by atoms with Gasteiger partial charge in [0.05, 0.1) is 0 Å². The Hall–Kier alpha value is -2.63. The maximum Gasteiger partial charge on any atom is 0.306 e. The number of allylic oxidation sites excluding steroid dienone is 8. The molecule has 68 heavy (non-hydrogen) atoms. The summed E-state index contributed by atoms with van der Waals surface area (Å²) in [5.74, 6) is -0.856. The van der Waals surface area contributed by atoms with Crippen LogP contribution in [0.1, 0.15) is 310 Å². The van der Waals surface area contributed by atoms with Gasteiger partial charge in [-0.15, -0.1) is 0 Å². The van der Waals surface area contributed by atoms with Crippen molar-refractivity contribution in [2.24, 2.45) is 0 Å². The number of unbranched alkanes of at least 4 members (excludes halogenated alkanes) is 35. The summed E-state index contributed by atoms with van der Waals surface area (Å²) in [7, 11) is 0. The third kappa shape index (κ3) is 54.3. The maximum atomic E-state index is 12.8. The molecule has 0 aromatic carbocycles. The van der Waals surface area contributed by atoms with Crippen molar-refractivity contribution < 1.29 is 28.6 Å². The second-order valence-corrected chi connectivity index (χ2v) is 19.9. The number of carbonyl (C=O) groups excluding carboxylic acids is 3. The molecule has 1 unspecified atom stereocenters. The van der Waals surface area contributed by atoms with Gasteiger partial charge >= 0.3 is 17.9 Å². The summed E-state index contributed by atoms with van der Waals surface area (Å²) >= 11 is 0. The van der Waals surface area contributed by atoms with Gasteiger partial charge in [0, 0.05) is 19.3 Å². The van der Waals surface area contributed by atoms with Crippen molar-refractivity contribution in [3.63, 3.8) is 0 Å². The van der Waals surface area contributed by atoms with Crippen LogP contribution in [-0.2, 0) is 28.6 Å². The van der Waals surface area contributed by atoms with Crippen LogP contribution in [-0.4, -0.2) is 37.2 Å². The second kappa shape index (κ2) is 57.0. The first kappa shape index (κ1) is 65.4. The fourth-order valence-electron chi connectivity index (χ4n) is 8.67. The van der Waals surface area contributed by atoms with E-state index in [2.05, 4.69) is 69.4 Å². The first-order valence-corrected chi connectivity index (χ1v) is 29.6. The molecular weight excluding hydrogens is 841 g/mol. The summed E-state index contributed by atoms with van der Waals surface area (Å²) in [4.78, 5) is 38.0. The highest BCUT2D eigenvalue weighted by Gasteiger charge is 2.19. The molecule has 0 bridgehead atoms. The van der Waals surface area contributed by atoms with E-state index in [1.165, 1.54) is 186 Å². The minimum absolute atomic E-state index is 0.0680. The van der Waals surface area contributed by atoms with E-state index >= 15 is 0 Å². The van der Waals surface area contributed by atoms with Crippen LogP contribution in [0.3, 0.4) is 0 Å². The van der Waals surface area contributed by atoms with E-state index in [0.717, 1.165) is 83.5 Å². The quantitative estimate of drug-likeness (QED) is 0.0262. The van der Waals surface area contributed by atoms with Gasteiger partial charge < -0.3 is 14.2 Å². The summed E-state index contributed by atoms with van der Waals surface area (Å²) in [6, 6.07) is 0. The van der Waals surface area contributed by atoms with Gasteiger partial charge in [-0.1, -0.05) is 281 Å². The molecule has 0 saturated heterocycles. The van der Waals surface area contributed by atoms with Crippen LogP contribution < -0.4 is 0 Å². The molecule has 6 heteroatoms. The predicted molar refractivity (Wildman–Crippen MR) is 293 cm³/mol. The van der Waals surface area contributed by atoms with Gasteiger partial charge in [0.15, 0.2) is 6.10 Å². The van der Waals surface area contributed by atoms with Gasteiger partial charge in [0.25, 0.3) is 0 Å². The van der Waals surface area contributed by atoms with Crippen LogP contribution in [0.15, 0.2) is 48.6 Å². The highest BCUT2D eigenvalue weighted by molar-refractivity contribution is 5.71. The fourth-order valence-corrected chi connectivity index (χ4v) is 8.67. The molecule has 1 atom stereocenters. The van der Waals surface area contributed by atoms with Crippen molar-refractivity contribution in [2.45, 2.75) is 316 Å². The SMILES string of the molecule is CC/C=C\C/C=C\C/C=C\C/C=C\CCCCCCCCCCCCCCCCC(=O)OCC(COC(=O)CCCCCCCCCC)OC(=O)CCCCCCCCCCCCCCCCC. The molecule has 0 aliphatic rings. The summed E-state index contributed by atoms with van der Waals surface area (Å²) in [5, 5.41) is 0. The van der Waals surface area contributed by atoms with Crippen LogP contribution in [0.25, 0.3) is 0 Å². The zero-order valence-corrected chi connectivity index (χ0v) is 45.4. The van der Waals surface area contributed by atoms with Crippen LogP contribution in [0.4, 0.5) is 0 Å². The third-order valence-electron chi connectivity index (χ3n) is 13.1. The topological polar surface area (TPSA) is 78.9 Å². The molecule has 0 saturated carbocycles. The molecule has 6 nitrogen and oxygen atoms in total. The van der Waals surface area contributed by atoms with E-state index in [9.17, 15) is 14.4 Å². The first-order chi connectivity index (χ1) is 33.5. The van der Waals surface area contributed by atoms with Gasteiger partial charge in [-0.25, -0.2) is 0 Å². The van der Waals surface area contributed by atoms with Crippen LogP contribution in [0.5, 0.6) is 0 Å². The van der Waals surface area contributed by atoms with E-state index < -0.39 is 6.10 Å². The smallest absolute Gasteiger partial charge is 0.306 e. The van der Waals surface area contributed by atoms with Gasteiger partial charge in [0.1, 0.15) is 13.2 Å². The van der Waals surface area contributed by atoms with Crippen molar-refractivity contribution in [1.82, 2.24) is 0 Å². The number of ether oxygens (including phenoxy) is 3. The van der Waals surface area contributed by atoms with Gasteiger partial charge in [0.2, 0.25) is 0 Å². The minimum Gasteiger partial charge on any atom is -0.462 e. The van der Waals surface area contributed by atoms with E-state index in [4.69, 9.17) is 14.2 Å². The zero-order chi connectivity index (χ0) is 49.3. The largest absolute Gasteiger partial charge is 0.462 e. The molecule has 0 aromatic heterocycles. The van der Waals surface area contributed by atoms with Gasteiger partial charge in [-0.3, -0.25) is 14.4 Å². The van der Waals surface area contributed by atoms with Crippen molar-refractivity contribution in [3.05, 3.63) is 48.6 Å². The number of carbonyl (C=O) groups is 3. The minimum atomic E-state index is -0.766. The highest BCUT2D eigenvalue weighted by Crippen LogP contribution is 2.17. The lowest BCUT2D eigenvalue weighted by Crippen LogP contribution is -2.30. The van der Waals surface area contributed by atoms with Crippen LogP contribution in [0, 0.1) is 0 Å². The molecular formula is C62H112O6. The number of rotatable bonds is 54. The molecule has 396 valence electrons. The average molecular weight is 954 g/mol. The lowest BCUT2D eigenvalue weighted by atomic mass is 10.0. The van der Waals surface area contributed by atoms with Crippen LogP contribution in [0.2, 0.25) is 0 Å². The van der Waals surface area contributed by atoms with Gasteiger partial charge in [-0.2, -0.15) is 0 Å². The Labute approximate surface area is 422 Å². The van der Waals surface area contributed by atoms with Crippen LogP contribution >= 0.6 is 0 Å². The monoisotopic (exact) mass is 953 g/mol. The summed E-state index contributed by atoms with van der Waals surface area (Å²) < 4.78 is 16.8. The lowest BCUT2D eigenvalue weighted by molar-refractivity contribution is -0.167. The Morgan fingerprint density at radius 1 is 0.309 bits per heavy atom. The number of esters is 3. The fraction of sp³-hybridized carbons (Fsp3) is 0.823. The Morgan fingerprint density at radius 2 is 0.574 bits per heavy atom. The molecule has 0 aliphatic heterocycles. The van der Waals surface area contributed by atoms with Crippen molar-refractivity contribution >= 4 is 17.9 Å². The molecule has 0 aromatic rings. The average Bonchev–Trinajstić information content (AvgIpc) is 3.34.